The number of halogens is 4. The Hall–Kier alpha value is -2.28. The lowest BCUT2D eigenvalue weighted by Gasteiger charge is -2.62. The summed E-state index contributed by atoms with van der Waals surface area (Å²) in [4.78, 5) is 45.9. The standard InChI is InChI=1S/C15H18F4O4.C11H14O3.C11H16O2/c16-13(17)6-22-15(23-7-14(13,18)19)9-1-8-2-10(15)5-12(3-8,4-9)11(20)21;12-9-7-1-6-2-8(9)5-11(3-6,4-7)10(13)14;12-10(13)11-4-7-1-8(5-11)3-9(2-7)6-11/h8-10H,1-7H2,(H,20,21);6-8H,1-5H2,(H,13,14);7-9H,1-6H2,(H,12,13). The van der Waals surface area contributed by atoms with Gasteiger partial charge in [0.25, 0.3) is 0 Å². The SMILES string of the molecule is O=C(O)C12CC3CC(C1)C1(OCC(F)(F)C(F)(F)CO1)C(C3)C2.O=C(O)C12CC3CC(CC(C3)C1)C2.O=C1C2CC3CC1CC(C(=O)O)(C3)C2. The van der Waals surface area contributed by atoms with Crippen molar-refractivity contribution in [2.24, 2.45) is 69.5 Å². The summed E-state index contributed by atoms with van der Waals surface area (Å²) in [5.74, 6) is -9.49. The Morgan fingerprint density at radius 1 is 0.500 bits per heavy atom. The van der Waals surface area contributed by atoms with Crippen molar-refractivity contribution in [3.8, 4) is 0 Å². The van der Waals surface area contributed by atoms with Crippen molar-refractivity contribution in [3.63, 3.8) is 0 Å². The monoisotopic (exact) mass is 712 g/mol. The molecule has 13 fully saturated rings. The first kappa shape index (κ1) is 34.8. The van der Waals surface area contributed by atoms with E-state index in [0.29, 0.717) is 43.8 Å². The molecule has 278 valence electrons. The summed E-state index contributed by atoms with van der Waals surface area (Å²) in [6, 6.07) is 0. The van der Waals surface area contributed by atoms with Crippen LogP contribution in [0.1, 0.15) is 103 Å². The van der Waals surface area contributed by atoms with Gasteiger partial charge in [-0.25, -0.2) is 0 Å². The van der Waals surface area contributed by atoms with E-state index in [-0.39, 0.29) is 36.0 Å². The predicted octanol–water partition coefficient (Wildman–Crippen LogP) is 6.66. The second-order valence-electron chi connectivity index (χ2n) is 18.5. The summed E-state index contributed by atoms with van der Waals surface area (Å²) in [5, 5.41) is 28.1. The Morgan fingerprint density at radius 2 is 0.820 bits per heavy atom. The number of alkyl halides is 4. The van der Waals surface area contributed by atoms with Gasteiger partial charge in [0.05, 0.1) is 16.2 Å². The molecule has 9 nitrogen and oxygen atoms in total. The minimum absolute atomic E-state index is 0.0809. The first-order valence-electron chi connectivity index (χ1n) is 18.7. The first-order valence-corrected chi connectivity index (χ1v) is 18.7. The Bertz CT molecular complexity index is 1370. The van der Waals surface area contributed by atoms with E-state index >= 15 is 0 Å². The molecular weight excluding hydrogens is 664 g/mol. The molecule has 12 saturated carbocycles. The van der Waals surface area contributed by atoms with Gasteiger partial charge in [-0.3, -0.25) is 19.2 Å². The molecule has 1 aliphatic heterocycles. The maximum Gasteiger partial charge on any atom is 0.335 e. The predicted molar refractivity (Wildman–Crippen MR) is 165 cm³/mol. The quantitative estimate of drug-likeness (QED) is 0.273. The van der Waals surface area contributed by atoms with Crippen molar-refractivity contribution in [1.82, 2.24) is 0 Å². The van der Waals surface area contributed by atoms with Crippen LogP contribution in [0.5, 0.6) is 0 Å². The molecule has 1 saturated heterocycles. The number of carbonyl (C=O) groups is 4. The Balaban J connectivity index is 0.000000115. The van der Waals surface area contributed by atoms with Crippen molar-refractivity contribution in [2.45, 2.75) is 120 Å². The van der Waals surface area contributed by atoms with E-state index < -0.39 is 71.4 Å². The molecule has 1 spiro atoms. The highest BCUT2D eigenvalue weighted by molar-refractivity contribution is 5.89. The summed E-state index contributed by atoms with van der Waals surface area (Å²) in [6.07, 6.45) is 13.1. The van der Waals surface area contributed by atoms with Crippen molar-refractivity contribution in [1.29, 1.82) is 0 Å². The lowest BCUT2D eigenvalue weighted by molar-refractivity contribution is -0.345. The number of carboxylic acids is 3. The average Bonchev–Trinajstić information content (AvgIpc) is 3.11. The van der Waals surface area contributed by atoms with Crippen LogP contribution >= 0.6 is 0 Å². The Labute approximate surface area is 288 Å². The van der Waals surface area contributed by atoms with E-state index in [1.54, 1.807) is 0 Å². The zero-order valence-electron chi connectivity index (χ0n) is 28.2. The topological polar surface area (TPSA) is 147 Å². The summed E-state index contributed by atoms with van der Waals surface area (Å²) < 4.78 is 65.0. The number of carbonyl (C=O) groups excluding carboxylic acids is 1. The smallest absolute Gasteiger partial charge is 0.335 e. The molecule has 0 aromatic rings. The van der Waals surface area contributed by atoms with E-state index in [1.807, 2.05) is 0 Å². The molecular formula is C37H48F4O9. The van der Waals surface area contributed by atoms with Crippen LogP contribution in [0.15, 0.2) is 0 Å². The summed E-state index contributed by atoms with van der Waals surface area (Å²) >= 11 is 0. The van der Waals surface area contributed by atoms with E-state index in [2.05, 4.69) is 0 Å². The molecule has 0 amide bonds. The van der Waals surface area contributed by atoms with E-state index in [0.717, 1.165) is 56.3 Å². The van der Waals surface area contributed by atoms with E-state index in [9.17, 15) is 52.1 Å². The van der Waals surface area contributed by atoms with Crippen molar-refractivity contribution in [3.05, 3.63) is 0 Å². The third-order valence-electron chi connectivity index (χ3n) is 15.2. The molecule has 50 heavy (non-hydrogen) atoms. The molecule has 3 N–H and O–H groups in total. The molecule has 0 aromatic heterocycles. The number of ether oxygens (including phenoxy) is 2. The van der Waals surface area contributed by atoms with Gasteiger partial charge in [-0.2, -0.15) is 17.6 Å². The number of aliphatic carboxylic acids is 3. The average molecular weight is 713 g/mol. The number of Topliss-reactive ketones (excluding diaryl/α,β-unsaturated/α-hetero) is 1. The highest BCUT2D eigenvalue weighted by Crippen LogP contribution is 2.66. The van der Waals surface area contributed by atoms with E-state index in [1.165, 1.54) is 19.3 Å². The van der Waals surface area contributed by atoms with Crippen LogP contribution < -0.4 is 0 Å². The number of hydrogen-bond donors (Lipinski definition) is 3. The van der Waals surface area contributed by atoms with Gasteiger partial charge in [0.1, 0.15) is 19.0 Å². The lowest BCUT2D eigenvalue weighted by Crippen LogP contribution is -2.64. The van der Waals surface area contributed by atoms with Gasteiger partial charge < -0.3 is 24.8 Å². The Morgan fingerprint density at radius 3 is 1.20 bits per heavy atom. The van der Waals surface area contributed by atoms with Crippen LogP contribution in [0.3, 0.4) is 0 Å². The largest absolute Gasteiger partial charge is 0.481 e. The lowest BCUT2D eigenvalue weighted by atomic mass is 9.47. The fraction of sp³-hybridized carbons (Fsp3) is 0.892. The van der Waals surface area contributed by atoms with Crippen LogP contribution in [-0.4, -0.2) is 69.9 Å². The second kappa shape index (κ2) is 11.4. The van der Waals surface area contributed by atoms with E-state index in [4.69, 9.17) is 9.47 Å². The van der Waals surface area contributed by atoms with Crippen LogP contribution in [-0.2, 0) is 28.7 Å². The van der Waals surface area contributed by atoms with Crippen molar-refractivity contribution >= 4 is 23.7 Å². The fourth-order valence-electron chi connectivity index (χ4n) is 13.7. The number of carboxylic acid groups (broad SMARTS) is 3. The summed E-state index contributed by atoms with van der Waals surface area (Å²) in [5.41, 5.74) is -1.69. The van der Waals surface area contributed by atoms with Crippen LogP contribution in [0.2, 0.25) is 0 Å². The third-order valence-corrected chi connectivity index (χ3v) is 15.2. The van der Waals surface area contributed by atoms with Gasteiger partial charge in [0.15, 0.2) is 5.79 Å². The van der Waals surface area contributed by atoms with Gasteiger partial charge in [-0.15, -0.1) is 0 Å². The molecule has 4 atom stereocenters. The van der Waals surface area contributed by atoms with Gasteiger partial charge in [-0.05, 0) is 132 Å². The first-order chi connectivity index (χ1) is 23.4. The van der Waals surface area contributed by atoms with Crippen molar-refractivity contribution < 1.29 is 61.5 Å². The zero-order valence-corrected chi connectivity index (χ0v) is 28.2. The molecule has 0 aromatic carbocycles. The fourth-order valence-corrected chi connectivity index (χ4v) is 13.7. The Kier molecular flexibility index (Phi) is 7.90. The maximum atomic E-state index is 13.6. The van der Waals surface area contributed by atoms with Crippen molar-refractivity contribution in [2.75, 3.05) is 13.2 Å². The summed E-state index contributed by atoms with van der Waals surface area (Å²) in [6.45, 7) is -2.78. The highest BCUT2D eigenvalue weighted by atomic mass is 19.3. The minimum atomic E-state index is -4.28. The number of ketones is 1. The van der Waals surface area contributed by atoms with Crippen LogP contribution in [0, 0.1) is 69.5 Å². The molecule has 4 unspecified atom stereocenters. The normalized spacial score (nSPS) is 48.6. The molecule has 1 heterocycles. The molecule has 13 heteroatoms. The second-order valence-corrected chi connectivity index (χ2v) is 18.5. The molecule has 0 radical (unpaired) electrons. The molecule has 13 rings (SSSR count). The zero-order chi connectivity index (χ0) is 35.6. The van der Waals surface area contributed by atoms with Gasteiger partial charge in [-0.1, -0.05) is 0 Å². The van der Waals surface area contributed by atoms with Crippen LogP contribution in [0.25, 0.3) is 0 Å². The van der Waals surface area contributed by atoms with Gasteiger partial charge in [0.2, 0.25) is 0 Å². The third kappa shape index (κ3) is 5.27. The molecule has 12 aliphatic carbocycles. The maximum absolute atomic E-state index is 13.6. The number of rotatable bonds is 3. The minimum Gasteiger partial charge on any atom is -0.481 e. The molecule has 12 bridgehead atoms. The van der Waals surface area contributed by atoms with Gasteiger partial charge in [0, 0.05) is 23.7 Å². The highest BCUT2D eigenvalue weighted by Gasteiger charge is 2.70. The van der Waals surface area contributed by atoms with Crippen LogP contribution in [0.4, 0.5) is 17.6 Å². The molecule has 13 aliphatic rings. The summed E-state index contributed by atoms with van der Waals surface area (Å²) in [7, 11) is 0. The number of hydrogen-bond acceptors (Lipinski definition) is 6. The van der Waals surface area contributed by atoms with Gasteiger partial charge >= 0.3 is 29.8 Å².